The Morgan fingerprint density at radius 1 is 0.833 bits per heavy atom. The van der Waals surface area contributed by atoms with Crippen LogP contribution in [-0.2, 0) is 0 Å². The molecule has 0 aliphatic carbocycles. The van der Waals surface area contributed by atoms with Gasteiger partial charge in [0.15, 0.2) is 5.78 Å². The largest absolute Gasteiger partial charge is 0.497 e. The Bertz CT molecular complexity index is 1070. The molecule has 0 amide bonds. The van der Waals surface area contributed by atoms with E-state index in [0.717, 1.165) is 10.0 Å². The van der Waals surface area contributed by atoms with E-state index in [1.807, 2.05) is 0 Å². The van der Waals surface area contributed by atoms with Crippen LogP contribution in [0.5, 0.6) is 17.2 Å². The Balaban J connectivity index is 1.68. The van der Waals surface area contributed by atoms with Gasteiger partial charge < -0.3 is 14.2 Å². The number of allylic oxidation sites excluding steroid dienone is 1. The molecule has 30 heavy (non-hydrogen) atoms. The molecule has 0 bridgehead atoms. The summed E-state index contributed by atoms with van der Waals surface area (Å²) < 4.78 is 16.7. The number of rotatable bonds is 7. The molecule has 0 radical (unpaired) electrons. The number of hydrogen-bond acceptors (Lipinski definition) is 5. The van der Waals surface area contributed by atoms with Gasteiger partial charge in [0.05, 0.1) is 25.3 Å². The Hall–Kier alpha value is -3.38. The first-order valence-electron chi connectivity index (χ1n) is 9.02. The fraction of sp³-hybridized carbons (Fsp3) is 0.0833. The van der Waals surface area contributed by atoms with Crippen LogP contribution in [0.15, 0.2) is 77.3 Å². The summed E-state index contributed by atoms with van der Waals surface area (Å²) in [5.74, 6) is 0.814. The molecule has 3 aromatic carbocycles. The zero-order valence-electron chi connectivity index (χ0n) is 16.4. The quantitative estimate of drug-likeness (QED) is 0.197. The van der Waals surface area contributed by atoms with E-state index in [9.17, 15) is 9.59 Å². The molecule has 0 spiro atoms. The number of benzene rings is 3. The fourth-order valence-electron chi connectivity index (χ4n) is 2.67. The topological polar surface area (TPSA) is 61.8 Å². The summed E-state index contributed by atoms with van der Waals surface area (Å²) in [6, 6.07) is 18.8. The second-order valence-corrected chi connectivity index (χ2v) is 7.14. The summed E-state index contributed by atoms with van der Waals surface area (Å²) >= 11 is 3.33. The normalized spacial score (nSPS) is 10.6. The standard InChI is InChI=1S/C24H19BrO5/c1-28-20-12-14-23(29-2)21(15-20)22(26)13-5-16-3-10-19(11-4-16)30-24(27)17-6-8-18(25)9-7-17/h3-15H,1-2H3/b13-5+. The van der Waals surface area contributed by atoms with Crippen molar-refractivity contribution >= 4 is 33.8 Å². The first kappa shape index (κ1) is 21.3. The third-order valence-electron chi connectivity index (χ3n) is 4.27. The van der Waals surface area contributed by atoms with Crippen molar-refractivity contribution in [3.63, 3.8) is 0 Å². The van der Waals surface area contributed by atoms with Crippen LogP contribution < -0.4 is 14.2 Å². The van der Waals surface area contributed by atoms with Crippen LogP contribution in [0, 0.1) is 0 Å². The molecule has 0 atom stereocenters. The second-order valence-electron chi connectivity index (χ2n) is 6.23. The summed E-state index contributed by atoms with van der Waals surface area (Å²) in [5.41, 5.74) is 1.65. The number of halogens is 1. The predicted octanol–water partition coefficient (Wildman–Crippen LogP) is 5.58. The smallest absolute Gasteiger partial charge is 0.343 e. The fourth-order valence-corrected chi connectivity index (χ4v) is 2.93. The van der Waals surface area contributed by atoms with Gasteiger partial charge in [-0.15, -0.1) is 0 Å². The molecule has 0 fully saturated rings. The maximum atomic E-state index is 12.6. The van der Waals surface area contributed by atoms with Gasteiger partial charge in [-0.1, -0.05) is 34.1 Å². The Morgan fingerprint density at radius 2 is 1.50 bits per heavy atom. The van der Waals surface area contributed by atoms with E-state index in [2.05, 4.69) is 15.9 Å². The zero-order chi connectivity index (χ0) is 21.5. The summed E-state index contributed by atoms with van der Waals surface area (Å²) in [7, 11) is 3.05. The summed E-state index contributed by atoms with van der Waals surface area (Å²) in [4.78, 5) is 24.7. The highest BCUT2D eigenvalue weighted by Crippen LogP contribution is 2.25. The lowest BCUT2D eigenvalue weighted by Gasteiger charge is -2.08. The van der Waals surface area contributed by atoms with Gasteiger partial charge in [0.25, 0.3) is 0 Å². The molecule has 0 N–H and O–H groups in total. The molecule has 0 saturated carbocycles. The average Bonchev–Trinajstić information content (AvgIpc) is 2.78. The number of ketones is 1. The van der Waals surface area contributed by atoms with E-state index in [1.165, 1.54) is 20.3 Å². The molecular weight excluding hydrogens is 448 g/mol. The van der Waals surface area contributed by atoms with Crippen molar-refractivity contribution in [2.45, 2.75) is 0 Å². The van der Waals surface area contributed by atoms with E-state index in [4.69, 9.17) is 14.2 Å². The van der Waals surface area contributed by atoms with Crippen molar-refractivity contribution in [3.8, 4) is 17.2 Å². The van der Waals surface area contributed by atoms with E-state index >= 15 is 0 Å². The van der Waals surface area contributed by atoms with Gasteiger partial charge in [0.1, 0.15) is 17.2 Å². The van der Waals surface area contributed by atoms with E-state index in [1.54, 1.807) is 72.8 Å². The van der Waals surface area contributed by atoms with Crippen LogP contribution in [0.1, 0.15) is 26.3 Å². The Kier molecular flexibility index (Phi) is 7.03. The molecule has 0 heterocycles. The number of carbonyl (C=O) groups excluding carboxylic acids is 2. The van der Waals surface area contributed by atoms with Gasteiger partial charge in [-0.3, -0.25) is 4.79 Å². The molecule has 0 aliphatic rings. The van der Waals surface area contributed by atoms with Gasteiger partial charge in [0.2, 0.25) is 0 Å². The van der Waals surface area contributed by atoms with Crippen molar-refractivity contribution in [2.24, 2.45) is 0 Å². The van der Waals surface area contributed by atoms with Gasteiger partial charge in [-0.25, -0.2) is 4.79 Å². The summed E-state index contributed by atoms with van der Waals surface area (Å²) in [5, 5.41) is 0. The van der Waals surface area contributed by atoms with Crippen molar-refractivity contribution in [1.29, 1.82) is 0 Å². The zero-order valence-corrected chi connectivity index (χ0v) is 18.0. The second kappa shape index (κ2) is 9.89. The lowest BCUT2D eigenvalue weighted by molar-refractivity contribution is 0.0734. The van der Waals surface area contributed by atoms with E-state index in [-0.39, 0.29) is 5.78 Å². The number of methoxy groups -OCH3 is 2. The lowest BCUT2D eigenvalue weighted by atomic mass is 10.1. The molecule has 6 heteroatoms. The molecule has 0 aliphatic heterocycles. The molecule has 152 valence electrons. The van der Waals surface area contributed by atoms with E-state index in [0.29, 0.717) is 28.4 Å². The van der Waals surface area contributed by atoms with Crippen LogP contribution in [-0.4, -0.2) is 26.0 Å². The first-order chi connectivity index (χ1) is 14.5. The number of ether oxygens (including phenoxy) is 3. The minimum absolute atomic E-state index is 0.212. The molecule has 0 unspecified atom stereocenters. The summed E-state index contributed by atoms with van der Waals surface area (Å²) in [6.45, 7) is 0. The monoisotopic (exact) mass is 466 g/mol. The highest BCUT2D eigenvalue weighted by atomic mass is 79.9. The van der Waals surface area contributed by atoms with E-state index < -0.39 is 5.97 Å². The highest BCUT2D eigenvalue weighted by Gasteiger charge is 2.11. The van der Waals surface area contributed by atoms with Gasteiger partial charge in [-0.05, 0) is 66.2 Å². The minimum atomic E-state index is -0.439. The lowest BCUT2D eigenvalue weighted by Crippen LogP contribution is -2.08. The third-order valence-corrected chi connectivity index (χ3v) is 4.80. The molecule has 3 aromatic rings. The maximum Gasteiger partial charge on any atom is 0.343 e. The van der Waals surface area contributed by atoms with Crippen LogP contribution in [0.3, 0.4) is 0 Å². The molecular formula is C24H19BrO5. The molecule has 3 rings (SSSR count). The predicted molar refractivity (Wildman–Crippen MR) is 118 cm³/mol. The van der Waals surface area contributed by atoms with Gasteiger partial charge in [0, 0.05) is 4.47 Å². The SMILES string of the molecule is COc1ccc(OC)c(C(=O)/C=C/c2ccc(OC(=O)c3ccc(Br)cc3)cc2)c1. The van der Waals surface area contributed by atoms with Crippen molar-refractivity contribution in [3.05, 3.63) is 94.0 Å². The molecule has 5 nitrogen and oxygen atoms in total. The Labute approximate surface area is 183 Å². The van der Waals surface area contributed by atoms with Gasteiger partial charge in [-0.2, -0.15) is 0 Å². The van der Waals surface area contributed by atoms with Gasteiger partial charge >= 0.3 is 5.97 Å². The highest BCUT2D eigenvalue weighted by molar-refractivity contribution is 9.10. The first-order valence-corrected chi connectivity index (χ1v) is 9.81. The van der Waals surface area contributed by atoms with Crippen LogP contribution >= 0.6 is 15.9 Å². The summed E-state index contributed by atoms with van der Waals surface area (Å²) in [6.07, 6.45) is 3.14. The number of carbonyl (C=O) groups is 2. The van der Waals surface area contributed by atoms with Crippen LogP contribution in [0.25, 0.3) is 6.08 Å². The van der Waals surface area contributed by atoms with Crippen molar-refractivity contribution < 1.29 is 23.8 Å². The van der Waals surface area contributed by atoms with Crippen molar-refractivity contribution in [2.75, 3.05) is 14.2 Å². The third kappa shape index (κ3) is 5.36. The maximum absolute atomic E-state index is 12.6. The number of hydrogen-bond donors (Lipinski definition) is 0. The minimum Gasteiger partial charge on any atom is -0.497 e. The Morgan fingerprint density at radius 3 is 2.13 bits per heavy atom. The average molecular weight is 467 g/mol. The van der Waals surface area contributed by atoms with Crippen molar-refractivity contribution in [1.82, 2.24) is 0 Å². The van der Waals surface area contributed by atoms with Crippen LogP contribution in [0.2, 0.25) is 0 Å². The molecule has 0 aromatic heterocycles. The number of esters is 1. The van der Waals surface area contributed by atoms with Crippen LogP contribution in [0.4, 0.5) is 0 Å². The molecule has 0 saturated heterocycles.